The van der Waals surface area contributed by atoms with Crippen LogP contribution >= 0.6 is 23.2 Å². The van der Waals surface area contributed by atoms with Gasteiger partial charge in [0, 0.05) is 5.56 Å². The first-order valence-corrected chi connectivity index (χ1v) is 10.4. The summed E-state index contributed by atoms with van der Waals surface area (Å²) in [5.74, 6) is -1.06. The van der Waals surface area contributed by atoms with Crippen LogP contribution in [0, 0.1) is 5.82 Å². The van der Waals surface area contributed by atoms with E-state index in [-0.39, 0.29) is 13.1 Å². The van der Waals surface area contributed by atoms with E-state index in [1.165, 1.54) is 17.3 Å². The maximum Gasteiger partial charge on any atom is 0.414 e. The van der Waals surface area contributed by atoms with Gasteiger partial charge in [-0.15, -0.1) is 5.10 Å². The van der Waals surface area contributed by atoms with Crippen LogP contribution in [0.2, 0.25) is 0 Å². The van der Waals surface area contributed by atoms with Gasteiger partial charge in [0.1, 0.15) is 18.2 Å². The SMILES string of the molecule is O=C(NC[C@H]1CN(c2ccc(-c3ccc(Cn4cnnn4)cc3)c(F)c2)C(=O)O1)C(Cl)Cl. The normalized spacial score (nSPS) is 15.8. The van der Waals surface area contributed by atoms with Crippen molar-refractivity contribution in [3.8, 4) is 11.1 Å². The predicted octanol–water partition coefficient (Wildman–Crippen LogP) is 2.77. The molecule has 2 heterocycles. The van der Waals surface area contributed by atoms with Crippen LogP contribution in [0.15, 0.2) is 48.8 Å². The molecule has 0 spiro atoms. The Labute approximate surface area is 192 Å². The fraction of sp³-hybridized carbons (Fsp3) is 0.250. The van der Waals surface area contributed by atoms with Crippen LogP contribution in [0.4, 0.5) is 14.9 Å². The highest BCUT2D eigenvalue weighted by molar-refractivity contribution is 6.53. The number of alkyl halides is 2. The number of nitrogens with one attached hydrogen (secondary N) is 1. The minimum Gasteiger partial charge on any atom is -0.442 e. The van der Waals surface area contributed by atoms with Gasteiger partial charge in [-0.05, 0) is 39.8 Å². The van der Waals surface area contributed by atoms with Gasteiger partial charge >= 0.3 is 6.09 Å². The number of nitrogens with zero attached hydrogens (tertiary/aromatic N) is 5. The third-order valence-corrected chi connectivity index (χ3v) is 5.24. The molecular weight excluding hydrogens is 462 g/mol. The summed E-state index contributed by atoms with van der Waals surface area (Å²) in [5.41, 5.74) is 2.41. The van der Waals surface area contributed by atoms with Crippen LogP contribution in [-0.2, 0) is 16.1 Å². The van der Waals surface area contributed by atoms with Crippen molar-refractivity contribution in [3.63, 3.8) is 0 Å². The van der Waals surface area contributed by atoms with Crippen molar-refractivity contribution in [1.82, 2.24) is 25.5 Å². The van der Waals surface area contributed by atoms with Gasteiger partial charge in [0.15, 0.2) is 4.84 Å². The first-order valence-electron chi connectivity index (χ1n) is 9.54. The van der Waals surface area contributed by atoms with Gasteiger partial charge in [-0.2, -0.15) is 0 Å². The molecule has 1 aliphatic rings. The van der Waals surface area contributed by atoms with Crippen molar-refractivity contribution in [2.24, 2.45) is 0 Å². The second-order valence-corrected chi connectivity index (χ2v) is 8.13. The number of benzene rings is 2. The van der Waals surface area contributed by atoms with Gasteiger partial charge in [-0.3, -0.25) is 9.69 Å². The molecule has 0 bridgehead atoms. The molecule has 1 aromatic heterocycles. The molecule has 166 valence electrons. The third kappa shape index (κ3) is 4.97. The summed E-state index contributed by atoms with van der Waals surface area (Å²) >= 11 is 10.9. The summed E-state index contributed by atoms with van der Waals surface area (Å²) in [7, 11) is 0. The molecule has 3 aromatic rings. The molecule has 2 amide bonds. The van der Waals surface area contributed by atoms with E-state index in [4.69, 9.17) is 27.9 Å². The molecule has 12 heteroatoms. The molecule has 2 aromatic carbocycles. The van der Waals surface area contributed by atoms with Gasteiger partial charge in [-0.1, -0.05) is 47.5 Å². The zero-order chi connectivity index (χ0) is 22.7. The number of halogens is 3. The molecule has 1 saturated heterocycles. The quantitative estimate of drug-likeness (QED) is 0.523. The highest BCUT2D eigenvalue weighted by Crippen LogP contribution is 2.29. The maximum absolute atomic E-state index is 14.9. The average molecular weight is 479 g/mol. The Morgan fingerprint density at radius 2 is 2.03 bits per heavy atom. The van der Waals surface area contributed by atoms with Crippen LogP contribution in [0.5, 0.6) is 0 Å². The molecule has 1 fully saturated rings. The number of amides is 2. The van der Waals surface area contributed by atoms with Gasteiger partial charge < -0.3 is 10.1 Å². The lowest BCUT2D eigenvalue weighted by molar-refractivity contribution is -0.119. The Morgan fingerprint density at radius 3 is 2.69 bits per heavy atom. The van der Waals surface area contributed by atoms with E-state index in [0.29, 0.717) is 23.4 Å². The van der Waals surface area contributed by atoms with Crippen LogP contribution in [0.1, 0.15) is 5.56 Å². The number of carbonyl (C=O) groups excluding carboxylic acids is 2. The summed E-state index contributed by atoms with van der Waals surface area (Å²) < 4.78 is 21.7. The maximum atomic E-state index is 14.9. The first kappa shape index (κ1) is 22.0. The van der Waals surface area contributed by atoms with E-state index in [1.54, 1.807) is 16.8 Å². The average Bonchev–Trinajstić information content (AvgIpc) is 3.42. The zero-order valence-corrected chi connectivity index (χ0v) is 18.0. The van der Waals surface area contributed by atoms with Gasteiger partial charge in [-0.25, -0.2) is 13.9 Å². The number of cyclic esters (lactones) is 1. The summed E-state index contributed by atoms with van der Waals surface area (Å²) in [4.78, 5) is 23.8. The van der Waals surface area contributed by atoms with Crippen LogP contribution in [-0.4, -0.2) is 56.2 Å². The molecular formula is C20H17Cl2FN6O3. The van der Waals surface area contributed by atoms with E-state index in [2.05, 4.69) is 20.8 Å². The second kappa shape index (κ2) is 9.49. The number of anilines is 1. The second-order valence-electron chi connectivity index (χ2n) is 7.03. The van der Waals surface area contributed by atoms with Gasteiger partial charge in [0.25, 0.3) is 5.91 Å². The number of carbonyl (C=O) groups is 2. The smallest absolute Gasteiger partial charge is 0.414 e. The van der Waals surface area contributed by atoms with Crippen molar-refractivity contribution >= 4 is 40.9 Å². The van der Waals surface area contributed by atoms with Crippen LogP contribution < -0.4 is 10.2 Å². The van der Waals surface area contributed by atoms with Crippen molar-refractivity contribution in [3.05, 3.63) is 60.2 Å². The monoisotopic (exact) mass is 478 g/mol. The Hall–Kier alpha value is -3.24. The highest BCUT2D eigenvalue weighted by atomic mass is 35.5. The number of rotatable bonds is 7. The standard InChI is InChI=1S/C20H17Cl2FN6O3/c21-18(22)19(30)24-8-15-10-29(20(31)32-15)14-5-6-16(17(23)7-14)13-3-1-12(2-4-13)9-28-11-25-26-27-28/h1-7,11,15,18H,8-10H2,(H,24,30)/t15-/m0/s1. The Bertz CT molecular complexity index is 1110. The predicted molar refractivity (Wildman–Crippen MR) is 115 cm³/mol. The summed E-state index contributed by atoms with van der Waals surface area (Å²) in [6.45, 7) is 0.706. The molecule has 32 heavy (non-hydrogen) atoms. The molecule has 0 saturated carbocycles. The molecule has 1 N–H and O–H groups in total. The number of ether oxygens (including phenoxy) is 1. The summed E-state index contributed by atoms with van der Waals surface area (Å²) in [6.07, 6.45) is 0.284. The molecule has 0 aliphatic carbocycles. The van der Waals surface area contributed by atoms with E-state index in [9.17, 15) is 14.0 Å². The fourth-order valence-corrected chi connectivity index (χ4v) is 3.42. The van der Waals surface area contributed by atoms with E-state index in [0.717, 1.165) is 5.56 Å². The van der Waals surface area contributed by atoms with Crippen molar-refractivity contribution in [2.45, 2.75) is 17.5 Å². The molecule has 4 rings (SSSR count). The van der Waals surface area contributed by atoms with Crippen LogP contribution in [0.3, 0.4) is 0 Å². The molecule has 1 aliphatic heterocycles. The summed E-state index contributed by atoms with van der Waals surface area (Å²) in [6, 6.07) is 11.9. The molecule has 1 atom stereocenters. The number of aromatic nitrogens is 4. The molecule has 0 radical (unpaired) electrons. The van der Waals surface area contributed by atoms with E-state index >= 15 is 0 Å². The number of hydrogen-bond donors (Lipinski definition) is 1. The lowest BCUT2D eigenvalue weighted by Gasteiger charge is -2.15. The van der Waals surface area contributed by atoms with Gasteiger partial charge in [0.05, 0.1) is 25.3 Å². The lowest BCUT2D eigenvalue weighted by Crippen LogP contribution is -2.37. The van der Waals surface area contributed by atoms with Crippen molar-refractivity contribution in [2.75, 3.05) is 18.0 Å². The topological polar surface area (TPSA) is 102 Å². The molecule has 9 nitrogen and oxygen atoms in total. The zero-order valence-electron chi connectivity index (χ0n) is 16.5. The Morgan fingerprint density at radius 1 is 1.25 bits per heavy atom. The van der Waals surface area contributed by atoms with Crippen LogP contribution in [0.25, 0.3) is 11.1 Å². The van der Waals surface area contributed by atoms with E-state index in [1.807, 2.05) is 24.3 Å². The molecule has 0 unspecified atom stereocenters. The third-order valence-electron chi connectivity index (χ3n) is 4.84. The van der Waals surface area contributed by atoms with E-state index < -0.39 is 28.8 Å². The largest absolute Gasteiger partial charge is 0.442 e. The Balaban J connectivity index is 1.43. The first-order chi connectivity index (χ1) is 15.4. The minimum atomic E-state index is -1.21. The lowest BCUT2D eigenvalue weighted by atomic mass is 10.0. The minimum absolute atomic E-state index is 0.0502. The van der Waals surface area contributed by atoms with Crippen molar-refractivity contribution in [1.29, 1.82) is 0 Å². The fourth-order valence-electron chi connectivity index (χ4n) is 3.27. The number of hydrogen-bond acceptors (Lipinski definition) is 6. The number of tetrazole rings is 1. The highest BCUT2D eigenvalue weighted by Gasteiger charge is 2.33. The van der Waals surface area contributed by atoms with Crippen molar-refractivity contribution < 1.29 is 18.7 Å². The van der Waals surface area contributed by atoms with Gasteiger partial charge in [0.2, 0.25) is 0 Å². The summed E-state index contributed by atoms with van der Waals surface area (Å²) in [5, 5.41) is 13.5. The Kier molecular flexibility index (Phi) is 6.52.